The van der Waals surface area contributed by atoms with Crippen LogP contribution in [0, 0.1) is 23.2 Å². The van der Waals surface area contributed by atoms with E-state index in [4.69, 9.17) is 16.9 Å². The van der Waals surface area contributed by atoms with Gasteiger partial charge in [-0.05, 0) is 42.3 Å². The summed E-state index contributed by atoms with van der Waals surface area (Å²) in [6, 6.07) is 16.4. The van der Waals surface area contributed by atoms with Gasteiger partial charge in [-0.1, -0.05) is 35.7 Å². The number of carbonyl (C=O) groups is 1. The molecule has 1 N–H and O–H groups in total. The highest BCUT2D eigenvalue weighted by atomic mass is 35.5. The maximum Gasteiger partial charge on any atom is 0.296 e. The molecule has 0 saturated heterocycles. The summed E-state index contributed by atoms with van der Waals surface area (Å²) in [7, 11) is 0. The summed E-state index contributed by atoms with van der Waals surface area (Å²) in [5.41, 5.74) is 2.27. The third-order valence-electron chi connectivity index (χ3n) is 2.92. The van der Waals surface area contributed by atoms with Gasteiger partial charge in [0, 0.05) is 23.1 Å². The lowest BCUT2D eigenvalue weighted by molar-refractivity contribution is -0.115. The fourth-order valence-corrected chi connectivity index (χ4v) is 1.94. The van der Waals surface area contributed by atoms with Crippen LogP contribution in [-0.2, 0) is 11.2 Å². The Hall–Kier alpha value is -2.75. The Balaban J connectivity index is 1.84. The zero-order valence-electron chi connectivity index (χ0n) is 11.8. The highest BCUT2D eigenvalue weighted by Crippen LogP contribution is 2.09. The molecule has 2 aromatic rings. The second-order valence-corrected chi connectivity index (χ2v) is 5.01. The van der Waals surface area contributed by atoms with Gasteiger partial charge < -0.3 is 5.32 Å². The Morgan fingerprint density at radius 2 is 1.86 bits per heavy atom. The first kappa shape index (κ1) is 15.6. The van der Waals surface area contributed by atoms with E-state index < -0.39 is 0 Å². The Morgan fingerprint density at radius 3 is 2.59 bits per heavy atom. The van der Waals surface area contributed by atoms with Gasteiger partial charge in [0.2, 0.25) is 0 Å². The summed E-state index contributed by atoms with van der Waals surface area (Å²) in [6.45, 7) is 0.507. The van der Waals surface area contributed by atoms with Crippen molar-refractivity contribution in [2.45, 2.75) is 6.42 Å². The number of benzene rings is 2. The highest BCUT2D eigenvalue weighted by molar-refractivity contribution is 6.30. The molecule has 4 heteroatoms. The van der Waals surface area contributed by atoms with Crippen molar-refractivity contribution in [3.63, 3.8) is 0 Å². The number of nitrogens with zero attached hydrogens (tertiary/aromatic N) is 1. The van der Waals surface area contributed by atoms with Crippen molar-refractivity contribution in [3.8, 4) is 17.9 Å². The van der Waals surface area contributed by atoms with Crippen LogP contribution < -0.4 is 5.32 Å². The van der Waals surface area contributed by atoms with Crippen LogP contribution in [0.25, 0.3) is 0 Å². The van der Waals surface area contributed by atoms with Crippen molar-refractivity contribution < 1.29 is 4.79 Å². The maximum absolute atomic E-state index is 11.6. The first-order valence-electron chi connectivity index (χ1n) is 6.72. The van der Waals surface area contributed by atoms with Crippen molar-refractivity contribution in [2.75, 3.05) is 6.54 Å². The number of halogens is 1. The second-order valence-electron chi connectivity index (χ2n) is 4.57. The third kappa shape index (κ3) is 4.98. The number of rotatable bonds is 3. The molecule has 0 atom stereocenters. The van der Waals surface area contributed by atoms with Crippen molar-refractivity contribution in [1.29, 1.82) is 5.26 Å². The Kier molecular flexibility index (Phi) is 5.60. The average Bonchev–Trinajstić information content (AvgIpc) is 2.55. The van der Waals surface area contributed by atoms with Gasteiger partial charge in [0.25, 0.3) is 5.91 Å². The molecule has 2 rings (SSSR count). The lowest BCUT2D eigenvalue weighted by Gasteiger charge is -2.01. The van der Waals surface area contributed by atoms with Gasteiger partial charge in [-0.15, -0.1) is 0 Å². The standard InChI is InChI=1S/C18H13ClN2O/c19-17-7-4-14(5-8-17)10-11-21-18(22)9-6-15-2-1-3-16(12-15)13-20/h1-5,7-8,12H,10-11H2,(H,21,22). The lowest BCUT2D eigenvalue weighted by Crippen LogP contribution is -2.23. The molecule has 0 aliphatic rings. The Bertz CT molecular complexity index is 764. The number of carbonyl (C=O) groups excluding carboxylic acids is 1. The lowest BCUT2D eigenvalue weighted by atomic mass is 10.1. The van der Waals surface area contributed by atoms with Crippen LogP contribution in [-0.4, -0.2) is 12.5 Å². The predicted molar refractivity (Wildman–Crippen MR) is 86.2 cm³/mol. The van der Waals surface area contributed by atoms with E-state index in [-0.39, 0.29) is 5.91 Å². The van der Waals surface area contributed by atoms with Crippen LogP contribution in [0.3, 0.4) is 0 Å². The van der Waals surface area contributed by atoms with Gasteiger partial charge in [-0.3, -0.25) is 4.79 Å². The molecule has 0 spiro atoms. The van der Waals surface area contributed by atoms with Crippen LogP contribution in [0.5, 0.6) is 0 Å². The molecule has 0 heterocycles. The number of hydrogen-bond donors (Lipinski definition) is 1. The van der Waals surface area contributed by atoms with E-state index in [1.165, 1.54) is 0 Å². The number of nitrogens with one attached hydrogen (secondary N) is 1. The third-order valence-corrected chi connectivity index (χ3v) is 3.18. The number of amides is 1. The molecular weight excluding hydrogens is 296 g/mol. The summed E-state index contributed by atoms with van der Waals surface area (Å²) in [5.74, 6) is 4.92. The van der Waals surface area contributed by atoms with Gasteiger partial charge in [-0.25, -0.2) is 0 Å². The van der Waals surface area contributed by atoms with E-state index in [0.717, 1.165) is 5.56 Å². The van der Waals surface area contributed by atoms with Crippen molar-refractivity contribution in [3.05, 3.63) is 70.2 Å². The van der Waals surface area contributed by atoms with Gasteiger partial charge >= 0.3 is 0 Å². The molecule has 108 valence electrons. The van der Waals surface area contributed by atoms with E-state index in [0.29, 0.717) is 29.1 Å². The van der Waals surface area contributed by atoms with Crippen molar-refractivity contribution in [1.82, 2.24) is 5.32 Å². The first-order valence-corrected chi connectivity index (χ1v) is 7.09. The van der Waals surface area contributed by atoms with Crippen LogP contribution in [0.4, 0.5) is 0 Å². The Morgan fingerprint density at radius 1 is 1.14 bits per heavy atom. The smallest absolute Gasteiger partial charge is 0.296 e. The predicted octanol–water partition coefficient (Wildman–Crippen LogP) is 2.92. The minimum absolute atomic E-state index is 0.337. The zero-order valence-corrected chi connectivity index (χ0v) is 12.5. The summed E-state index contributed by atoms with van der Waals surface area (Å²) < 4.78 is 0. The molecule has 0 aromatic heterocycles. The summed E-state index contributed by atoms with van der Waals surface area (Å²) >= 11 is 5.81. The van der Waals surface area contributed by atoms with Crippen LogP contribution in [0.1, 0.15) is 16.7 Å². The van der Waals surface area contributed by atoms with Crippen LogP contribution in [0.2, 0.25) is 5.02 Å². The SMILES string of the molecule is N#Cc1cccc(C#CC(=O)NCCc2ccc(Cl)cc2)c1. The van der Waals surface area contributed by atoms with E-state index in [9.17, 15) is 4.79 Å². The second kappa shape index (κ2) is 7.88. The van der Waals surface area contributed by atoms with Gasteiger partial charge in [0.05, 0.1) is 11.6 Å². The van der Waals surface area contributed by atoms with E-state index >= 15 is 0 Å². The summed E-state index contributed by atoms with van der Waals surface area (Å²) in [4.78, 5) is 11.6. The minimum atomic E-state index is -0.337. The molecular formula is C18H13ClN2O. The average molecular weight is 309 g/mol. The topological polar surface area (TPSA) is 52.9 Å². The molecule has 3 nitrogen and oxygen atoms in total. The highest BCUT2D eigenvalue weighted by Gasteiger charge is 1.97. The maximum atomic E-state index is 11.6. The van der Waals surface area contributed by atoms with E-state index in [1.54, 1.807) is 24.3 Å². The number of nitriles is 1. The van der Waals surface area contributed by atoms with Gasteiger partial charge in [-0.2, -0.15) is 5.26 Å². The summed E-state index contributed by atoms with van der Waals surface area (Å²) in [6.07, 6.45) is 0.717. The molecule has 0 aliphatic carbocycles. The van der Waals surface area contributed by atoms with Gasteiger partial charge in [0.1, 0.15) is 0 Å². The van der Waals surface area contributed by atoms with E-state index in [2.05, 4.69) is 17.2 Å². The van der Waals surface area contributed by atoms with Crippen molar-refractivity contribution >= 4 is 17.5 Å². The molecule has 22 heavy (non-hydrogen) atoms. The molecule has 0 fully saturated rings. The molecule has 2 aromatic carbocycles. The summed E-state index contributed by atoms with van der Waals surface area (Å²) in [5, 5.41) is 12.2. The largest absolute Gasteiger partial charge is 0.345 e. The molecule has 1 amide bonds. The molecule has 0 unspecified atom stereocenters. The fourth-order valence-electron chi connectivity index (χ4n) is 1.81. The van der Waals surface area contributed by atoms with Gasteiger partial charge in [0.15, 0.2) is 0 Å². The first-order chi connectivity index (χ1) is 10.7. The fraction of sp³-hybridized carbons (Fsp3) is 0.111. The molecule has 0 saturated carbocycles. The van der Waals surface area contributed by atoms with Crippen LogP contribution in [0.15, 0.2) is 48.5 Å². The van der Waals surface area contributed by atoms with E-state index in [1.807, 2.05) is 30.3 Å². The molecule has 0 aliphatic heterocycles. The molecule has 0 radical (unpaired) electrons. The normalized spacial score (nSPS) is 9.27. The monoisotopic (exact) mass is 308 g/mol. The quantitative estimate of drug-likeness (QED) is 0.886. The zero-order chi connectivity index (χ0) is 15.8. The minimum Gasteiger partial charge on any atom is -0.345 e. The van der Waals surface area contributed by atoms with Crippen LogP contribution >= 0.6 is 11.6 Å². The Labute approximate surface area is 134 Å². The molecule has 0 bridgehead atoms. The number of hydrogen-bond acceptors (Lipinski definition) is 2. The van der Waals surface area contributed by atoms with Crippen molar-refractivity contribution in [2.24, 2.45) is 0 Å².